The number of methoxy groups -OCH3 is 1. The number of alkyl halides is 1. The third kappa shape index (κ3) is 4.99. The molecule has 2 heteroatoms. The van der Waals surface area contributed by atoms with Gasteiger partial charge in [0.05, 0.1) is 7.11 Å². The Balaban J connectivity index is 2.40. The Morgan fingerprint density at radius 2 is 2.00 bits per heavy atom. The number of aryl methyl sites for hydroxylation is 1. The molecule has 0 bridgehead atoms. The minimum Gasteiger partial charge on any atom is -0.497 e. The van der Waals surface area contributed by atoms with E-state index in [9.17, 15) is 0 Å². The molecule has 0 aliphatic rings. The van der Waals surface area contributed by atoms with Crippen molar-refractivity contribution < 1.29 is 4.74 Å². The number of hydrogen-bond donors (Lipinski definition) is 0. The minimum absolute atomic E-state index is 0.190. The van der Waals surface area contributed by atoms with Crippen molar-refractivity contribution in [2.75, 3.05) is 7.11 Å². The topological polar surface area (TPSA) is 9.23 Å². The number of ether oxygens (including phenoxy) is 1. The van der Waals surface area contributed by atoms with Crippen LogP contribution in [0.3, 0.4) is 0 Å². The van der Waals surface area contributed by atoms with Crippen LogP contribution in [0.2, 0.25) is 0 Å². The summed E-state index contributed by atoms with van der Waals surface area (Å²) in [5, 5.41) is 0.244. The Morgan fingerprint density at radius 3 is 2.59 bits per heavy atom. The molecular weight excluding hydrogens is 232 g/mol. The van der Waals surface area contributed by atoms with Crippen LogP contribution in [0.4, 0.5) is 0 Å². The maximum Gasteiger partial charge on any atom is 0.119 e. The van der Waals surface area contributed by atoms with E-state index in [1.165, 1.54) is 5.56 Å². The van der Waals surface area contributed by atoms with Crippen molar-refractivity contribution in [2.45, 2.75) is 45.4 Å². The third-order valence-electron chi connectivity index (χ3n) is 3.00. The fraction of sp³-hybridized carbons (Fsp3) is 0.600. The number of halogens is 1. The average molecular weight is 255 g/mol. The predicted molar refractivity (Wildman–Crippen MR) is 75.0 cm³/mol. The van der Waals surface area contributed by atoms with Gasteiger partial charge in [-0.15, -0.1) is 11.6 Å². The van der Waals surface area contributed by atoms with Crippen molar-refractivity contribution in [1.82, 2.24) is 0 Å². The van der Waals surface area contributed by atoms with Gasteiger partial charge in [-0.3, -0.25) is 0 Å². The monoisotopic (exact) mass is 254 g/mol. The van der Waals surface area contributed by atoms with Crippen LogP contribution in [-0.2, 0) is 6.42 Å². The van der Waals surface area contributed by atoms with Gasteiger partial charge in [0.25, 0.3) is 0 Å². The number of hydrogen-bond acceptors (Lipinski definition) is 1. The van der Waals surface area contributed by atoms with E-state index >= 15 is 0 Å². The van der Waals surface area contributed by atoms with E-state index in [2.05, 4.69) is 32.9 Å². The quantitative estimate of drug-likeness (QED) is 0.694. The first-order chi connectivity index (χ1) is 7.93. The van der Waals surface area contributed by atoms with Gasteiger partial charge in [-0.05, 0) is 42.4 Å². The number of benzene rings is 1. The Morgan fingerprint density at radius 1 is 1.29 bits per heavy atom. The summed E-state index contributed by atoms with van der Waals surface area (Å²) in [7, 11) is 1.70. The molecule has 0 heterocycles. The summed E-state index contributed by atoms with van der Waals surface area (Å²) in [4.78, 5) is 0. The Labute approximate surface area is 110 Å². The fourth-order valence-electron chi connectivity index (χ4n) is 1.75. The lowest BCUT2D eigenvalue weighted by molar-refractivity contribution is 0.368. The maximum atomic E-state index is 6.36. The molecule has 0 fully saturated rings. The van der Waals surface area contributed by atoms with Crippen molar-refractivity contribution in [2.24, 2.45) is 5.41 Å². The van der Waals surface area contributed by atoms with Gasteiger partial charge >= 0.3 is 0 Å². The first-order valence-electron chi connectivity index (χ1n) is 6.20. The molecule has 0 aliphatic heterocycles. The average Bonchev–Trinajstić information content (AvgIpc) is 2.28. The van der Waals surface area contributed by atoms with E-state index in [1.807, 2.05) is 12.1 Å². The van der Waals surface area contributed by atoms with Crippen LogP contribution in [0.25, 0.3) is 0 Å². The Hall–Kier alpha value is -0.690. The lowest BCUT2D eigenvalue weighted by Crippen LogP contribution is -2.20. The van der Waals surface area contributed by atoms with Gasteiger partial charge in [-0.2, -0.15) is 0 Å². The summed E-state index contributed by atoms with van der Waals surface area (Å²) in [6, 6.07) is 8.25. The summed E-state index contributed by atoms with van der Waals surface area (Å²) < 4.78 is 5.21. The fourth-order valence-corrected chi connectivity index (χ4v) is 1.90. The molecule has 0 amide bonds. The third-order valence-corrected chi connectivity index (χ3v) is 3.87. The molecule has 0 aliphatic carbocycles. The molecule has 0 saturated heterocycles. The van der Waals surface area contributed by atoms with E-state index in [-0.39, 0.29) is 10.8 Å². The summed E-state index contributed by atoms with van der Waals surface area (Å²) in [6.45, 7) is 6.57. The minimum atomic E-state index is 0.190. The summed E-state index contributed by atoms with van der Waals surface area (Å²) >= 11 is 6.36. The lowest BCUT2D eigenvalue weighted by Gasteiger charge is -2.24. The number of rotatable bonds is 5. The summed E-state index contributed by atoms with van der Waals surface area (Å²) in [6.07, 6.45) is 3.25. The summed E-state index contributed by atoms with van der Waals surface area (Å²) in [5.74, 6) is 0.931. The summed E-state index contributed by atoms with van der Waals surface area (Å²) in [5.41, 5.74) is 1.51. The van der Waals surface area contributed by atoms with Crippen LogP contribution >= 0.6 is 11.6 Å². The zero-order chi connectivity index (χ0) is 12.9. The van der Waals surface area contributed by atoms with E-state index in [0.29, 0.717) is 0 Å². The van der Waals surface area contributed by atoms with Crippen molar-refractivity contribution in [3.63, 3.8) is 0 Å². The largest absolute Gasteiger partial charge is 0.497 e. The molecule has 1 unspecified atom stereocenters. The van der Waals surface area contributed by atoms with Crippen LogP contribution in [0.1, 0.15) is 39.2 Å². The van der Waals surface area contributed by atoms with Gasteiger partial charge in [0.1, 0.15) is 5.75 Å². The van der Waals surface area contributed by atoms with Crippen LogP contribution in [0.5, 0.6) is 5.75 Å². The smallest absolute Gasteiger partial charge is 0.119 e. The van der Waals surface area contributed by atoms with Gasteiger partial charge in [0.15, 0.2) is 0 Å². The highest BCUT2D eigenvalue weighted by molar-refractivity contribution is 6.21. The van der Waals surface area contributed by atoms with Gasteiger partial charge in [-0.25, -0.2) is 0 Å². The first-order valence-corrected chi connectivity index (χ1v) is 6.64. The van der Waals surface area contributed by atoms with Gasteiger partial charge in [0, 0.05) is 5.38 Å². The molecule has 1 aromatic rings. The molecule has 1 aromatic carbocycles. The zero-order valence-electron chi connectivity index (χ0n) is 11.3. The zero-order valence-corrected chi connectivity index (χ0v) is 12.1. The molecular formula is C15H23ClO. The molecule has 0 spiro atoms. The SMILES string of the molecule is COc1cccc(CCCC(Cl)C(C)(C)C)c1. The van der Waals surface area contributed by atoms with Gasteiger partial charge < -0.3 is 4.74 Å². The molecule has 0 N–H and O–H groups in total. The van der Waals surface area contributed by atoms with Crippen molar-refractivity contribution in [3.05, 3.63) is 29.8 Å². The second-order valence-electron chi connectivity index (χ2n) is 5.58. The van der Waals surface area contributed by atoms with Crippen molar-refractivity contribution in [3.8, 4) is 5.75 Å². The molecule has 0 aromatic heterocycles. The standard InChI is InChI=1S/C15H23ClO/c1-15(2,3)14(16)10-6-8-12-7-5-9-13(11-12)17-4/h5,7,9,11,14H,6,8,10H2,1-4H3. The Kier molecular flexibility index (Phi) is 5.32. The highest BCUT2D eigenvalue weighted by Gasteiger charge is 2.21. The van der Waals surface area contributed by atoms with Crippen LogP contribution in [-0.4, -0.2) is 12.5 Å². The van der Waals surface area contributed by atoms with E-state index in [4.69, 9.17) is 16.3 Å². The highest BCUT2D eigenvalue weighted by Crippen LogP contribution is 2.28. The van der Waals surface area contributed by atoms with Crippen LogP contribution in [0.15, 0.2) is 24.3 Å². The van der Waals surface area contributed by atoms with Gasteiger partial charge in [0.2, 0.25) is 0 Å². The molecule has 96 valence electrons. The highest BCUT2D eigenvalue weighted by atomic mass is 35.5. The Bertz CT molecular complexity index is 341. The van der Waals surface area contributed by atoms with Crippen molar-refractivity contribution >= 4 is 11.6 Å². The predicted octanol–water partition coefficient (Wildman–Crippen LogP) is 4.67. The molecule has 17 heavy (non-hydrogen) atoms. The molecule has 0 radical (unpaired) electrons. The molecule has 1 rings (SSSR count). The molecule has 0 saturated carbocycles. The second kappa shape index (κ2) is 6.30. The van der Waals surface area contributed by atoms with Crippen LogP contribution < -0.4 is 4.74 Å². The first kappa shape index (κ1) is 14.4. The normalized spacial score (nSPS) is 13.5. The van der Waals surface area contributed by atoms with Gasteiger partial charge in [-0.1, -0.05) is 32.9 Å². The van der Waals surface area contributed by atoms with E-state index in [0.717, 1.165) is 25.0 Å². The van der Waals surface area contributed by atoms with E-state index < -0.39 is 0 Å². The van der Waals surface area contributed by atoms with Crippen LogP contribution in [0, 0.1) is 5.41 Å². The molecule has 1 nitrogen and oxygen atoms in total. The second-order valence-corrected chi connectivity index (χ2v) is 6.10. The maximum absolute atomic E-state index is 6.36. The van der Waals surface area contributed by atoms with Crippen molar-refractivity contribution in [1.29, 1.82) is 0 Å². The molecule has 1 atom stereocenters. The lowest BCUT2D eigenvalue weighted by atomic mass is 9.88. The van der Waals surface area contributed by atoms with E-state index in [1.54, 1.807) is 7.11 Å².